The maximum absolute atomic E-state index is 12.1. The number of pyridine rings is 1. The minimum atomic E-state index is -0.280. The van der Waals surface area contributed by atoms with E-state index in [4.69, 9.17) is 5.10 Å². The Labute approximate surface area is 212 Å². The fourth-order valence-corrected chi connectivity index (χ4v) is 4.21. The highest BCUT2D eigenvalue weighted by Gasteiger charge is 2.29. The van der Waals surface area contributed by atoms with Gasteiger partial charge in [-0.2, -0.15) is 10.2 Å². The van der Waals surface area contributed by atoms with Gasteiger partial charge in [0.1, 0.15) is 0 Å². The monoisotopic (exact) mass is 523 g/mol. The predicted molar refractivity (Wildman–Crippen MR) is 143 cm³/mol. The third-order valence-corrected chi connectivity index (χ3v) is 6.28. The average molecular weight is 524 g/mol. The molecule has 172 valence electrons. The van der Waals surface area contributed by atoms with Gasteiger partial charge in [-0.15, -0.1) is 0 Å². The van der Waals surface area contributed by atoms with Gasteiger partial charge in [0, 0.05) is 28.9 Å². The SMILES string of the molecule is O=C(NN=Cc1ccc(N2N=C(c3ccccc3)CC2c2ccc(Br)cc2)cc1)c1ccncc1. The summed E-state index contributed by atoms with van der Waals surface area (Å²) >= 11 is 3.53. The number of aromatic nitrogens is 1. The molecule has 1 unspecified atom stereocenters. The first kappa shape index (κ1) is 22.7. The van der Waals surface area contributed by atoms with Gasteiger partial charge in [-0.1, -0.05) is 70.5 Å². The lowest BCUT2D eigenvalue weighted by Crippen LogP contribution is -2.18. The van der Waals surface area contributed by atoms with Gasteiger partial charge < -0.3 is 0 Å². The Bertz CT molecular complexity index is 1350. The molecule has 1 aliphatic rings. The predicted octanol–water partition coefficient (Wildman–Crippen LogP) is 5.96. The highest BCUT2D eigenvalue weighted by atomic mass is 79.9. The van der Waals surface area contributed by atoms with Crippen LogP contribution < -0.4 is 10.4 Å². The number of nitrogens with zero attached hydrogens (tertiary/aromatic N) is 4. The molecule has 1 amide bonds. The number of benzene rings is 3. The first-order chi connectivity index (χ1) is 17.2. The zero-order chi connectivity index (χ0) is 24.0. The molecule has 2 heterocycles. The Hall–Kier alpha value is -4.10. The molecule has 0 radical (unpaired) electrons. The number of carbonyl (C=O) groups is 1. The fourth-order valence-electron chi connectivity index (χ4n) is 3.94. The molecule has 6 nitrogen and oxygen atoms in total. The number of anilines is 1. The zero-order valence-electron chi connectivity index (χ0n) is 18.8. The van der Waals surface area contributed by atoms with Crippen molar-refractivity contribution in [3.8, 4) is 0 Å². The van der Waals surface area contributed by atoms with Gasteiger partial charge in [0.2, 0.25) is 0 Å². The highest BCUT2D eigenvalue weighted by Crippen LogP contribution is 2.37. The van der Waals surface area contributed by atoms with Gasteiger partial charge in [0.15, 0.2) is 0 Å². The molecule has 0 spiro atoms. The molecule has 0 aliphatic carbocycles. The number of amides is 1. The lowest BCUT2D eigenvalue weighted by atomic mass is 9.98. The Balaban J connectivity index is 1.35. The maximum Gasteiger partial charge on any atom is 0.271 e. The topological polar surface area (TPSA) is 70.0 Å². The lowest BCUT2D eigenvalue weighted by molar-refractivity contribution is 0.0955. The van der Waals surface area contributed by atoms with Crippen LogP contribution in [0.5, 0.6) is 0 Å². The van der Waals surface area contributed by atoms with E-state index in [0.29, 0.717) is 5.56 Å². The molecule has 0 bridgehead atoms. The second kappa shape index (κ2) is 10.4. The third-order valence-electron chi connectivity index (χ3n) is 5.75. The number of hydrogen-bond donors (Lipinski definition) is 1. The first-order valence-electron chi connectivity index (χ1n) is 11.2. The van der Waals surface area contributed by atoms with Crippen molar-refractivity contribution in [1.82, 2.24) is 10.4 Å². The second-order valence-corrected chi connectivity index (χ2v) is 8.97. The van der Waals surface area contributed by atoms with Crippen molar-refractivity contribution < 1.29 is 4.79 Å². The van der Waals surface area contributed by atoms with Gasteiger partial charge in [0.05, 0.1) is 23.7 Å². The molecule has 7 heteroatoms. The second-order valence-electron chi connectivity index (χ2n) is 8.06. The van der Waals surface area contributed by atoms with Crippen molar-refractivity contribution in [2.45, 2.75) is 12.5 Å². The molecular formula is C28H22BrN5O. The minimum Gasteiger partial charge on any atom is -0.267 e. The van der Waals surface area contributed by atoms with E-state index in [1.165, 1.54) is 5.56 Å². The van der Waals surface area contributed by atoms with Crippen LogP contribution in [0.1, 0.15) is 39.5 Å². The van der Waals surface area contributed by atoms with E-state index in [2.05, 4.69) is 72.8 Å². The van der Waals surface area contributed by atoms with Crippen LogP contribution in [0.3, 0.4) is 0 Å². The van der Waals surface area contributed by atoms with Crippen molar-refractivity contribution in [3.63, 3.8) is 0 Å². The lowest BCUT2D eigenvalue weighted by Gasteiger charge is -2.24. The number of carbonyl (C=O) groups excluding carboxylic acids is 1. The van der Waals surface area contributed by atoms with E-state index in [0.717, 1.165) is 33.4 Å². The van der Waals surface area contributed by atoms with Crippen LogP contribution in [0.15, 0.2) is 118 Å². The number of hydrazone groups is 2. The molecule has 1 atom stereocenters. The molecule has 0 saturated heterocycles. The first-order valence-corrected chi connectivity index (χ1v) is 12.0. The van der Waals surface area contributed by atoms with Crippen LogP contribution in [-0.4, -0.2) is 22.8 Å². The van der Waals surface area contributed by atoms with E-state index in [1.54, 1.807) is 30.7 Å². The molecule has 35 heavy (non-hydrogen) atoms. The molecule has 0 fully saturated rings. The van der Waals surface area contributed by atoms with Crippen molar-refractivity contribution in [3.05, 3.63) is 130 Å². The summed E-state index contributed by atoms with van der Waals surface area (Å²) in [6.07, 6.45) is 5.58. The van der Waals surface area contributed by atoms with Crippen LogP contribution in [0.25, 0.3) is 0 Å². The summed E-state index contributed by atoms with van der Waals surface area (Å²) in [4.78, 5) is 16.0. The molecule has 4 aromatic rings. The minimum absolute atomic E-state index is 0.0949. The van der Waals surface area contributed by atoms with Crippen LogP contribution in [0.2, 0.25) is 0 Å². The smallest absolute Gasteiger partial charge is 0.267 e. The molecule has 1 aromatic heterocycles. The Morgan fingerprint density at radius 3 is 2.37 bits per heavy atom. The summed E-state index contributed by atoms with van der Waals surface area (Å²) in [5, 5.41) is 11.2. The number of halogens is 1. The third kappa shape index (κ3) is 5.36. The largest absolute Gasteiger partial charge is 0.271 e. The van der Waals surface area contributed by atoms with Crippen molar-refractivity contribution in [2.24, 2.45) is 10.2 Å². The van der Waals surface area contributed by atoms with Crippen molar-refractivity contribution in [2.75, 3.05) is 5.01 Å². The van der Waals surface area contributed by atoms with Gasteiger partial charge >= 0.3 is 0 Å². The molecule has 1 aliphatic heterocycles. The highest BCUT2D eigenvalue weighted by molar-refractivity contribution is 9.10. The van der Waals surface area contributed by atoms with Crippen LogP contribution in [0.4, 0.5) is 5.69 Å². The van der Waals surface area contributed by atoms with Gasteiger partial charge in [-0.05, 0) is 53.1 Å². The van der Waals surface area contributed by atoms with E-state index in [-0.39, 0.29) is 11.9 Å². The Morgan fingerprint density at radius 1 is 0.943 bits per heavy atom. The standard InChI is InChI=1S/C28H22BrN5O/c29-24-10-8-22(9-11-24)27-18-26(21-4-2-1-3-5-21)33-34(27)25-12-6-20(7-13-25)19-31-32-28(35)23-14-16-30-17-15-23/h1-17,19,27H,18H2,(H,32,35). The Kier molecular flexibility index (Phi) is 6.77. The summed E-state index contributed by atoms with van der Waals surface area (Å²) in [5.74, 6) is -0.280. The molecule has 5 rings (SSSR count). The number of hydrogen-bond acceptors (Lipinski definition) is 5. The quantitative estimate of drug-likeness (QED) is 0.250. The fraction of sp³-hybridized carbons (Fsp3) is 0.0714. The number of rotatable bonds is 6. The van der Waals surface area contributed by atoms with Crippen LogP contribution in [0, 0.1) is 0 Å². The number of nitrogens with one attached hydrogen (secondary N) is 1. The zero-order valence-corrected chi connectivity index (χ0v) is 20.3. The van der Waals surface area contributed by atoms with E-state index in [1.807, 2.05) is 42.5 Å². The van der Waals surface area contributed by atoms with Crippen LogP contribution in [-0.2, 0) is 0 Å². The van der Waals surface area contributed by atoms with Gasteiger partial charge in [0.25, 0.3) is 5.91 Å². The summed E-state index contributed by atoms with van der Waals surface area (Å²) in [6, 6.07) is 30.0. The molecule has 1 N–H and O–H groups in total. The Morgan fingerprint density at radius 2 is 1.66 bits per heavy atom. The van der Waals surface area contributed by atoms with Crippen molar-refractivity contribution >= 4 is 39.5 Å². The summed E-state index contributed by atoms with van der Waals surface area (Å²) < 4.78 is 1.05. The van der Waals surface area contributed by atoms with E-state index in [9.17, 15) is 4.79 Å². The van der Waals surface area contributed by atoms with Gasteiger partial charge in [-0.3, -0.25) is 14.8 Å². The molecular weight excluding hydrogens is 502 g/mol. The summed E-state index contributed by atoms with van der Waals surface area (Å²) in [7, 11) is 0. The summed E-state index contributed by atoms with van der Waals surface area (Å²) in [5.41, 5.74) is 8.30. The molecule has 0 saturated carbocycles. The van der Waals surface area contributed by atoms with Gasteiger partial charge in [-0.25, -0.2) is 5.43 Å². The maximum atomic E-state index is 12.1. The average Bonchev–Trinajstić information content (AvgIpc) is 3.36. The van der Waals surface area contributed by atoms with Crippen molar-refractivity contribution in [1.29, 1.82) is 0 Å². The molecule has 3 aromatic carbocycles. The van der Waals surface area contributed by atoms with Crippen LogP contribution >= 0.6 is 15.9 Å². The normalized spacial score (nSPS) is 15.3. The van der Waals surface area contributed by atoms with E-state index < -0.39 is 0 Å². The summed E-state index contributed by atoms with van der Waals surface area (Å²) in [6.45, 7) is 0. The van der Waals surface area contributed by atoms with E-state index >= 15 is 0 Å².